The van der Waals surface area contributed by atoms with Gasteiger partial charge >= 0.3 is 0 Å². The van der Waals surface area contributed by atoms with E-state index in [2.05, 4.69) is 61.4 Å². The number of rotatable bonds is 21. The number of hydrogen-bond donors (Lipinski definition) is 12. The van der Waals surface area contributed by atoms with Gasteiger partial charge in [-0.05, 0) is 121 Å². The van der Waals surface area contributed by atoms with E-state index in [9.17, 15) is 104 Å². The monoisotopic (exact) mass is 1480 g/mol. The normalized spacial score (nSPS) is 13.4. The Kier molecular flexibility index (Phi) is 19.8. The lowest BCUT2D eigenvalue weighted by Crippen LogP contribution is -2.05. The molecule has 0 radical (unpaired) electrons. The second-order valence-corrected chi connectivity index (χ2v) is 30.0. The van der Waals surface area contributed by atoms with Crippen LogP contribution < -0.4 is 22.9 Å². The maximum absolute atomic E-state index is 13.0. The minimum Gasteiger partial charge on any atom is -0.396 e. The summed E-state index contributed by atoms with van der Waals surface area (Å²) in [5.41, 5.74) is 13.6. The third kappa shape index (κ3) is 17.0. The van der Waals surface area contributed by atoms with Crippen LogP contribution >= 0.6 is 0 Å². The molecule has 0 fully saturated rings. The predicted octanol–water partition coefficient (Wildman–Crippen LogP) is 10.1. The van der Waals surface area contributed by atoms with E-state index < -0.39 is 199 Å². The first kappa shape index (κ1) is 71.7. The number of nitrogen functional groups attached to an aromatic ring is 4. The van der Waals surface area contributed by atoms with Crippen LogP contribution in [0.5, 0.6) is 0 Å². The second-order valence-electron chi connectivity index (χ2n) is 18.8. The van der Waals surface area contributed by atoms with Crippen molar-refractivity contribution in [2.75, 3.05) is 22.9 Å². The Bertz CT molecular complexity index is 5390. The highest BCUT2D eigenvalue weighted by atomic mass is 32.2. The summed E-state index contributed by atoms with van der Waals surface area (Å²) in [5, 5.41) is 45.2. The average molecular weight is 1480 g/mol. The lowest BCUT2D eigenvalue weighted by Gasteiger charge is -2.13. The summed E-state index contributed by atoms with van der Waals surface area (Å²) >= 11 is 0. The van der Waals surface area contributed by atoms with Crippen molar-refractivity contribution in [3.63, 3.8) is 0 Å². The first-order valence-electron chi connectivity index (χ1n) is 24.8. The predicted molar refractivity (Wildman–Crippen MR) is 332 cm³/mol. The van der Waals surface area contributed by atoms with E-state index in [0.717, 1.165) is 109 Å². The molecule has 8 aromatic carbocycles. The van der Waals surface area contributed by atoms with Crippen molar-refractivity contribution in [2.24, 2.45) is 61.4 Å². The first-order valence-corrected chi connectivity index (χ1v) is 36.3. The highest BCUT2D eigenvalue weighted by Crippen LogP contribution is 2.47. The molecule has 0 saturated carbocycles. The molecule has 48 heteroatoms. The lowest BCUT2D eigenvalue weighted by atomic mass is 10.0. The first-order chi connectivity index (χ1) is 44.3. The molecule has 0 saturated heterocycles. The number of hydrogen-bond acceptors (Lipinski definition) is 32. The van der Waals surface area contributed by atoms with Gasteiger partial charge in [0.15, 0.2) is 0 Å². The van der Waals surface area contributed by atoms with Crippen molar-refractivity contribution in [3.05, 3.63) is 133 Å². The Morgan fingerprint density at radius 1 is 0.219 bits per heavy atom. The van der Waals surface area contributed by atoms with Crippen molar-refractivity contribution in [2.45, 2.75) is 39.2 Å². The van der Waals surface area contributed by atoms with E-state index in [1.165, 1.54) is 0 Å². The zero-order valence-corrected chi connectivity index (χ0v) is 53.3. The molecule has 502 valence electrons. The standard InChI is InChI=1S/C48H38N16O24S8/c49-43-35(21-41(95(83,84)85)45(51)47(43)63-59-33-15-7-27(19-39(33)93(77,78)79)55-53-23-1-9-29(10-2-23)89(65,66)67)61-57-25-5-13-31(37(17-25)91(71,72)73)32-14-6-26(18-38(32)92(74,75)76)58-62-36-22-42(96(86,87)88)46(52)48(44(36)50)64-60-34-16-8-28(20-40(34)94(80,81)82)56-54-24-3-11-30(12-4-24)90(68,69)70/h1-22H,49-52H2,(H,65,66,67)(H,68,69,70)(H,71,72,73)(H,74,75,76)(H,77,78,79)(H,80,81,82)(H,83,84,85)(H,86,87,88). The third-order valence-electron chi connectivity index (χ3n) is 12.3. The molecule has 0 bridgehead atoms. The minimum atomic E-state index is -5.48. The number of azo groups is 6. The van der Waals surface area contributed by atoms with E-state index in [4.69, 9.17) is 22.9 Å². The highest BCUT2D eigenvalue weighted by molar-refractivity contribution is 7.87. The molecule has 0 aliphatic carbocycles. The highest BCUT2D eigenvalue weighted by Gasteiger charge is 2.28. The Labute approximate surface area is 540 Å². The van der Waals surface area contributed by atoms with E-state index in [-0.39, 0.29) is 22.7 Å². The zero-order chi connectivity index (χ0) is 71.1. The fourth-order valence-electron chi connectivity index (χ4n) is 7.89. The van der Waals surface area contributed by atoms with Gasteiger partial charge in [0.1, 0.15) is 63.5 Å². The number of nitrogens with two attached hydrogens (primary N) is 4. The minimum absolute atomic E-state index is 0.0125. The van der Waals surface area contributed by atoms with E-state index in [0.29, 0.717) is 24.3 Å². The van der Waals surface area contributed by atoms with Crippen molar-refractivity contribution in [1.29, 1.82) is 0 Å². The molecule has 0 aliphatic rings. The van der Waals surface area contributed by atoms with Crippen molar-refractivity contribution in [1.82, 2.24) is 0 Å². The smallest absolute Gasteiger partial charge is 0.296 e. The van der Waals surface area contributed by atoms with Crippen LogP contribution in [0.1, 0.15) is 0 Å². The molecule has 0 heterocycles. The van der Waals surface area contributed by atoms with Crippen LogP contribution in [0.25, 0.3) is 11.1 Å². The molecule has 96 heavy (non-hydrogen) atoms. The molecule has 0 amide bonds. The summed E-state index contributed by atoms with van der Waals surface area (Å²) in [4.78, 5) is -7.57. The second kappa shape index (κ2) is 26.6. The van der Waals surface area contributed by atoms with Crippen LogP contribution in [0.15, 0.2) is 234 Å². The Balaban J connectivity index is 1.11. The van der Waals surface area contributed by atoms with Gasteiger partial charge in [-0.25, -0.2) is 0 Å². The molecule has 0 aromatic heterocycles. The molecule has 0 spiro atoms. The molecule has 0 atom stereocenters. The van der Waals surface area contributed by atoms with Crippen LogP contribution in [0.4, 0.5) is 91.0 Å². The summed E-state index contributed by atoms with van der Waals surface area (Å²) in [7, 11) is -41.2. The fourth-order valence-corrected chi connectivity index (χ4v) is 12.9. The van der Waals surface area contributed by atoms with Crippen molar-refractivity contribution >= 4 is 172 Å². The lowest BCUT2D eigenvalue weighted by molar-refractivity contribution is 0.480. The van der Waals surface area contributed by atoms with Gasteiger partial charge in [-0.15, -0.1) is 30.7 Å². The Morgan fingerprint density at radius 3 is 0.740 bits per heavy atom. The van der Waals surface area contributed by atoms with Crippen molar-refractivity contribution < 1.29 is 104 Å². The van der Waals surface area contributed by atoms with E-state index in [1.54, 1.807) is 0 Å². The SMILES string of the molecule is Nc1c(N=Nc2ccc(-c3ccc(N=Nc4cc(S(=O)(=O)O)c(N)c(N=Nc5ccc(N=Nc6ccc(S(=O)(=O)O)cc6)cc5S(=O)(=O)O)c4N)cc3S(=O)(=O)O)c(S(=O)(=O)O)c2)cc(S(=O)(=O)O)c(N)c1N=Nc1ccc(N=Nc2ccc(S(=O)(=O)O)cc2)cc1S(=O)(=O)O. The van der Waals surface area contributed by atoms with Gasteiger partial charge in [-0.2, -0.15) is 98.0 Å². The third-order valence-corrected chi connectivity index (χ3v) is 19.4. The zero-order valence-electron chi connectivity index (χ0n) is 46.8. The van der Waals surface area contributed by atoms with Crippen LogP contribution in [-0.4, -0.2) is 104 Å². The molecule has 0 unspecified atom stereocenters. The van der Waals surface area contributed by atoms with Gasteiger partial charge in [-0.3, -0.25) is 36.4 Å². The maximum Gasteiger partial charge on any atom is 0.296 e. The maximum atomic E-state index is 13.0. The largest absolute Gasteiger partial charge is 0.396 e. The van der Waals surface area contributed by atoms with Gasteiger partial charge in [0.2, 0.25) is 0 Å². The quantitative estimate of drug-likeness (QED) is 0.0181. The number of anilines is 4. The average Bonchev–Trinajstić information content (AvgIpc) is 0.789. The summed E-state index contributed by atoms with van der Waals surface area (Å²) in [6.45, 7) is 0. The van der Waals surface area contributed by atoms with Crippen molar-refractivity contribution in [3.8, 4) is 11.1 Å². The summed E-state index contributed by atoms with van der Waals surface area (Å²) in [5.74, 6) is 0. The summed E-state index contributed by atoms with van der Waals surface area (Å²) < 4.78 is 277. The molecule has 40 nitrogen and oxygen atoms in total. The van der Waals surface area contributed by atoms with Crippen LogP contribution in [0.2, 0.25) is 0 Å². The van der Waals surface area contributed by atoms with Gasteiger partial charge in [0.05, 0.1) is 66.7 Å². The molecular weight excluding hydrogens is 1440 g/mol. The molecular formula is C48H38N16O24S8. The van der Waals surface area contributed by atoms with Gasteiger partial charge in [0.25, 0.3) is 80.9 Å². The Morgan fingerprint density at radius 2 is 0.458 bits per heavy atom. The van der Waals surface area contributed by atoms with E-state index >= 15 is 0 Å². The molecule has 0 aliphatic heterocycles. The van der Waals surface area contributed by atoms with Gasteiger partial charge < -0.3 is 22.9 Å². The topological polar surface area (TPSA) is 687 Å². The van der Waals surface area contributed by atoms with Gasteiger partial charge in [0, 0.05) is 11.1 Å². The molecule has 16 N–H and O–H groups in total. The molecule has 8 aromatic rings. The van der Waals surface area contributed by atoms with Crippen LogP contribution in [0.3, 0.4) is 0 Å². The summed E-state index contributed by atoms with van der Waals surface area (Å²) in [6.07, 6.45) is 0. The number of nitrogens with zero attached hydrogens (tertiary/aromatic N) is 12. The number of benzene rings is 8. The van der Waals surface area contributed by atoms with Crippen LogP contribution in [-0.2, 0) is 80.9 Å². The molecule has 8 rings (SSSR count). The summed E-state index contributed by atoms with van der Waals surface area (Å²) in [6, 6.07) is 19.7. The van der Waals surface area contributed by atoms with Crippen LogP contribution in [0, 0.1) is 0 Å². The van der Waals surface area contributed by atoms with Gasteiger partial charge in [-0.1, -0.05) is 12.1 Å². The fraction of sp³-hybridized carbons (Fsp3) is 0. The Hall–Kier alpha value is -10.2. The van der Waals surface area contributed by atoms with E-state index in [1.807, 2.05) is 0 Å².